The molecule has 1 heterocycles. The molecular weight excluding hydrogens is 318 g/mol. The smallest absolute Gasteiger partial charge is 0.305 e. The molecule has 1 N–H and O–H groups in total. The number of hydrogen-bond acceptors (Lipinski definition) is 3. The van der Waals surface area contributed by atoms with E-state index in [9.17, 15) is 9.59 Å². The topological polar surface area (TPSA) is 75.4 Å². The van der Waals surface area contributed by atoms with E-state index in [1.165, 1.54) is 11.1 Å². The molecule has 0 fully saturated rings. The van der Waals surface area contributed by atoms with Crippen molar-refractivity contribution in [2.75, 3.05) is 13.1 Å². The molecule has 1 aromatic carbocycles. The summed E-state index contributed by atoms with van der Waals surface area (Å²) >= 11 is 5.99. The Morgan fingerprint density at radius 1 is 1.39 bits per heavy atom. The number of carboxylic acid groups (broad SMARTS) is 1. The Morgan fingerprint density at radius 2 is 2.13 bits per heavy atom. The van der Waals surface area contributed by atoms with Crippen LogP contribution in [0.2, 0.25) is 5.02 Å². The number of nitrogens with zero attached hydrogens (tertiary/aromatic N) is 3. The number of aliphatic carboxylic acids is 1. The van der Waals surface area contributed by atoms with Gasteiger partial charge < -0.3 is 10.0 Å². The SMILES string of the molecule is CCN(CCC(=O)O)C(=O)c1cnn(-c2cccc(Cl)c2)c1C. The van der Waals surface area contributed by atoms with E-state index in [4.69, 9.17) is 16.7 Å². The minimum absolute atomic E-state index is 0.0823. The predicted octanol–water partition coefficient (Wildman–Crippen LogP) is 2.77. The number of halogens is 1. The van der Waals surface area contributed by atoms with Crippen LogP contribution in [-0.4, -0.2) is 44.8 Å². The fraction of sp³-hybridized carbons (Fsp3) is 0.312. The molecule has 2 aromatic rings. The second-order valence-electron chi connectivity index (χ2n) is 5.06. The fourth-order valence-electron chi connectivity index (χ4n) is 2.29. The summed E-state index contributed by atoms with van der Waals surface area (Å²) in [5.74, 6) is -1.15. The molecule has 122 valence electrons. The van der Waals surface area contributed by atoms with Gasteiger partial charge in [-0.25, -0.2) is 4.68 Å². The third-order valence-corrected chi connectivity index (χ3v) is 3.79. The van der Waals surface area contributed by atoms with Gasteiger partial charge in [0.15, 0.2) is 0 Å². The number of benzene rings is 1. The minimum Gasteiger partial charge on any atom is -0.481 e. The van der Waals surface area contributed by atoms with E-state index in [1.807, 2.05) is 19.1 Å². The average Bonchev–Trinajstić information content (AvgIpc) is 2.89. The molecule has 0 atom stereocenters. The standard InChI is InChI=1S/C16H18ClN3O3/c1-3-19(8-7-15(21)22)16(23)14-10-18-20(11(14)2)13-6-4-5-12(17)9-13/h4-6,9-10H,3,7-8H2,1-2H3,(H,21,22). The molecule has 23 heavy (non-hydrogen) atoms. The van der Waals surface area contributed by atoms with Crippen molar-refractivity contribution in [3.63, 3.8) is 0 Å². The first-order valence-electron chi connectivity index (χ1n) is 7.25. The lowest BCUT2D eigenvalue weighted by Gasteiger charge is -2.19. The zero-order valence-corrected chi connectivity index (χ0v) is 13.7. The monoisotopic (exact) mass is 335 g/mol. The summed E-state index contributed by atoms with van der Waals surface area (Å²) in [7, 11) is 0. The van der Waals surface area contributed by atoms with Crippen LogP contribution in [0, 0.1) is 6.92 Å². The lowest BCUT2D eigenvalue weighted by atomic mass is 10.2. The molecular formula is C16H18ClN3O3. The highest BCUT2D eigenvalue weighted by Crippen LogP contribution is 2.19. The first kappa shape index (κ1) is 17.0. The predicted molar refractivity (Wildman–Crippen MR) is 87.1 cm³/mol. The van der Waals surface area contributed by atoms with E-state index in [0.717, 1.165) is 5.69 Å². The van der Waals surface area contributed by atoms with E-state index in [0.29, 0.717) is 22.8 Å². The molecule has 0 saturated carbocycles. The molecule has 2 rings (SSSR count). The van der Waals surface area contributed by atoms with Crippen molar-refractivity contribution in [2.24, 2.45) is 0 Å². The molecule has 0 saturated heterocycles. The molecule has 0 radical (unpaired) electrons. The maximum Gasteiger partial charge on any atom is 0.305 e. The Bertz CT molecular complexity index is 727. The van der Waals surface area contributed by atoms with Crippen molar-refractivity contribution < 1.29 is 14.7 Å². The molecule has 0 aliphatic carbocycles. The van der Waals surface area contributed by atoms with Gasteiger partial charge in [-0.3, -0.25) is 9.59 Å². The lowest BCUT2D eigenvalue weighted by molar-refractivity contribution is -0.137. The third-order valence-electron chi connectivity index (χ3n) is 3.56. The summed E-state index contributed by atoms with van der Waals surface area (Å²) in [5.41, 5.74) is 1.91. The van der Waals surface area contributed by atoms with Gasteiger partial charge in [-0.05, 0) is 32.0 Å². The highest BCUT2D eigenvalue weighted by atomic mass is 35.5. The number of carbonyl (C=O) groups is 2. The van der Waals surface area contributed by atoms with Crippen molar-refractivity contribution in [1.29, 1.82) is 0 Å². The molecule has 7 heteroatoms. The van der Waals surface area contributed by atoms with Crippen LogP contribution in [0.4, 0.5) is 0 Å². The highest BCUT2D eigenvalue weighted by molar-refractivity contribution is 6.30. The first-order valence-corrected chi connectivity index (χ1v) is 7.63. The summed E-state index contributed by atoms with van der Waals surface area (Å²) in [5, 5.41) is 13.6. The lowest BCUT2D eigenvalue weighted by Crippen LogP contribution is -2.33. The van der Waals surface area contributed by atoms with Crippen molar-refractivity contribution in [2.45, 2.75) is 20.3 Å². The van der Waals surface area contributed by atoms with Crippen LogP contribution in [-0.2, 0) is 4.79 Å². The maximum absolute atomic E-state index is 12.6. The van der Waals surface area contributed by atoms with Crippen molar-refractivity contribution in [3.05, 3.63) is 46.7 Å². The van der Waals surface area contributed by atoms with Gasteiger partial charge in [0.1, 0.15) is 0 Å². The molecule has 1 aromatic heterocycles. The molecule has 0 aliphatic rings. The second-order valence-corrected chi connectivity index (χ2v) is 5.50. The van der Waals surface area contributed by atoms with Gasteiger partial charge in [0.2, 0.25) is 0 Å². The summed E-state index contributed by atoms with van der Waals surface area (Å²) < 4.78 is 1.64. The number of aromatic nitrogens is 2. The van der Waals surface area contributed by atoms with Gasteiger partial charge in [0, 0.05) is 18.1 Å². The van der Waals surface area contributed by atoms with Crippen LogP contribution in [0.15, 0.2) is 30.5 Å². The Balaban J connectivity index is 2.27. The van der Waals surface area contributed by atoms with Gasteiger partial charge in [0.05, 0.1) is 29.6 Å². The van der Waals surface area contributed by atoms with Crippen LogP contribution < -0.4 is 0 Å². The number of hydrogen-bond donors (Lipinski definition) is 1. The Hall–Kier alpha value is -2.34. The van der Waals surface area contributed by atoms with Crippen LogP contribution in [0.25, 0.3) is 5.69 Å². The van der Waals surface area contributed by atoms with Crippen LogP contribution in [0.5, 0.6) is 0 Å². The van der Waals surface area contributed by atoms with Gasteiger partial charge in [-0.15, -0.1) is 0 Å². The van der Waals surface area contributed by atoms with Crippen molar-refractivity contribution in [1.82, 2.24) is 14.7 Å². The number of carbonyl (C=O) groups excluding carboxylic acids is 1. The molecule has 0 spiro atoms. The van der Waals surface area contributed by atoms with E-state index in [2.05, 4.69) is 5.10 Å². The summed E-state index contributed by atoms with van der Waals surface area (Å²) in [6.45, 7) is 4.23. The van der Waals surface area contributed by atoms with E-state index in [-0.39, 0.29) is 18.9 Å². The molecule has 0 bridgehead atoms. The Labute approximate surface area is 139 Å². The van der Waals surface area contributed by atoms with Crippen LogP contribution in [0.1, 0.15) is 29.4 Å². The van der Waals surface area contributed by atoms with E-state index >= 15 is 0 Å². The second kappa shape index (κ2) is 7.28. The number of rotatable bonds is 6. The van der Waals surface area contributed by atoms with E-state index in [1.54, 1.807) is 23.7 Å². The minimum atomic E-state index is -0.928. The largest absolute Gasteiger partial charge is 0.481 e. The highest BCUT2D eigenvalue weighted by Gasteiger charge is 2.20. The quantitative estimate of drug-likeness (QED) is 0.880. The molecule has 1 amide bonds. The summed E-state index contributed by atoms with van der Waals surface area (Å²) in [4.78, 5) is 24.8. The third kappa shape index (κ3) is 3.90. The van der Waals surface area contributed by atoms with Gasteiger partial charge in [0.25, 0.3) is 5.91 Å². The van der Waals surface area contributed by atoms with Gasteiger partial charge in [-0.1, -0.05) is 17.7 Å². The van der Waals surface area contributed by atoms with Crippen LogP contribution in [0.3, 0.4) is 0 Å². The normalized spacial score (nSPS) is 10.6. The average molecular weight is 336 g/mol. The fourth-order valence-corrected chi connectivity index (χ4v) is 2.48. The van der Waals surface area contributed by atoms with Crippen molar-refractivity contribution >= 4 is 23.5 Å². The van der Waals surface area contributed by atoms with E-state index < -0.39 is 5.97 Å². The van der Waals surface area contributed by atoms with Crippen LogP contribution >= 0.6 is 11.6 Å². The molecule has 6 nitrogen and oxygen atoms in total. The summed E-state index contributed by atoms with van der Waals surface area (Å²) in [6.07, 6.45) is 1.42. The zero-order chi connectivity index (χ0) is 17.0. The Kier molecular flexibility index (Phi) is 5.39. The maximum atomic E-state index is 12.6. The van der Waals surface area contributed by atoms with Gasteiger partial charge in [-0.2, -0.15) is 5.10 Å². The number of carboxylic acids is 1. The van der Waals surface area contributed by atoms with Gasteiger partial charge >= 0.3 is 5.97 Å². The van der Waals surface area contributed by atoms with Crippen molar-refractivity contribution in [3.8, 4) is 5.69 Å². The summed E-state index contributed by atoms with van der Waals surface area (Å²) in [6, 6.07) is 7.19. The Morgan fingerprint density at radius 3 is 2.74 bits per heavy atom. The first-order chi connectivity index (χ1) is 10.9. The molecule has 0 unspecified atom stereocenters. The number of amides is 1. The molecule has 0 aliphatic heterocycles. The zero-order valence-electron chi connectivity index (χ0n) is 13.0.